The summed E-state index contributed by atoms with van der Waals surface area (Å²) in [6.07, 6.45) is 0.950. The monoisotopic (exact) mass is 254 g/mol. The van der Waals surface area contributed by atoms with E-state index in [-0.39, 0.29) is 11.8 Å². The zero-order chi connectivity index (χ0) is 12.4. The number of carbonyl (C=O) groups excluding carboxylic acids is 2. The maximum atomic E-state index is 11.8. The highest BCUT2D eigenvalue weighted by molar-refractivity contribution is 7.15. The third-order valence-electron chi connectivity index (χ3n) is 2.48. The fourth-order valence-electron chi connectivity index (χ4n) is 1.52. The molecule has 0 spiro atoms. The third-order valence-corrected chi connectivity index (χ3v) is 3.62. The molecule has 17 heavy (non-hydrogen) atoms. The normalized spacial score (nSPS) is 19.5. The Morgan fingerprint density at radius 1 is 1.53 bits per heavy atom. The molecule has 0 saturated carbocycles. The number of hydrogen-bond donors (Lipinski definition) is 2. The molecular weight excluding hydrogens is 240 g/mol. The molecule has 1 aromatic rings. The van der Waals surface area contributed by atoms with Crippen LogP contribution in [0.3, 0.4) is 0 Å². The molecule has 1 aromatic heterocycles. The van der Waals surface area contributed by atoms with Gasteiger partial charge < -0.3 is 5.32 Å². The molecule has 0 bridgehead atoms. The van der Waals surface area contributed by atoms with Crippen molar-refractivity contribution in [3.05, 3.63) is 5.01 Å². The standard InChI is InChI=1S/C10H14N4O2S/c1-5(2)9-13-14-10(17-9)12-8(16)6-3-4-7(15)11-6/h5-6H,3-4H2,1-2H3,(H,11,15)(H,12,14,16). The van der Waals surface area contributed by atoms with Crippen LogP contribution in [-0.4, -0.2) is 28.1 Å². The zero-order valence-electron chi connectivity index (χ0n) is 9.69. The molecule has 2 N–H and O–H groups in total. The van der Waals surface area contributed by atoms with E-state index >= 15 is 0 Å². The Morgan fingerprint density at radius 3 is 2.82 bits per heavy atom. The van der Waals surface area contributed by atoms with E-state index in [2.05, 4.69) is 20.8 Å². The van der Waals surface area contributed by atoms with Crippen molar-refractivity contribution in [2.45, 2.75) is 38.6 Å². The summed E-state index contributed by atoms with van der Waals surface area (Å²) in [5, 5.41) is 14.5. The van der Waals surface area contributed by atoms with Crippen LogP contribution in [0.1, 0.15) is 37.6 Å². The number of aromatic nitrogens is 2. The van der Waals surface area contributed by atoms with Gasteiger partial charge in [-0.25, -0.2) is 0 Å². The first-order valence-electron chi connectivity index (χ1n) is 5.50. The first-order valence-corrected chi connectivity index (χ1v) is 6.31. The van der Waals surface area contributed by atoms with E-state index in [1.54, 1.807) is 0 Å². The molecule has 7 heteroatoms. The van der Waals surface area contributed by atoms with Crippen molar-refractivity contribution in [2.24, 2.45) is 0 Å². The van der Waals surface area contributed by atoms with Crippen molar-refractivity contribution in [3.8, 4) is 0 Å². The van der Waals surface area contributed by atoms with Gasteiger partial charge in [0.05, 0.1) is 0 Å². The lowest BCUT2D eigenvalue weighted by atomic mass is 10.2. The highest BCUT2D eigenvalue weighted by Crippen LogP contribution is 2.22. The molecule has 1 fully saturated rings. The van der Waals surface area contributed by atoms with Gasteiger partial charge in [0.2, 0.25) is 16.9 Å². The molecule has 0 radical (unpaired) electrons. The number of nitrogens with one attached hydrogen (secondary N) is 2. The second-order valence-electron chi connectivity index (χ2n) is 4.25. The Bertz CT molecular complexity index is 443. The van der Waals surface area contributed by atoms with Crippen LogP contribution >= 0.6 is 11.3 Å². The summed E-state index contributed by atoms with van der Waals surface area (Å²) in [5.41, 5.74) is 0. The predicted molar refractivity (Wildman–Crippen MR) is 63.8 cm³/mol. The molecule has 0 aliphatic carbocycles. The van der Waals surface area contributed by atoms with Gasteiger partial charge >= 0.3 is 0 Å². The molecule has 0 aromatic carbocycles. The van der Waals surface area contributed by atoms with Gasteiger partial charge in [0.25, 0.3) is 0 Å². The Labute approximate surface area is 103 Å². The zero-order valence-corrected chi connectivity index (χ0v) is 10.5. The summed E-state index contributed by atoms with van der Waals surface area (Å²) in [7, 11) is 0. The van der Waals surface area contributed by atoms with Gasteiger partial charge in [0, 0.05) is 12.3 Å². The lowest BCUT2D eigenvalue weighted by Gasteiger charge is -2.07. The second-order valence-corrected chi connectivity index (χ2v) is 5.26. The number of nitrogens with zero attached hydrogens (tertiary/aromatic N) is 2. The summed E-state index contributed by atoms with van der Waals surface area (Å²) in [6.45, 7) is 4.03. The van der Waals surface area contributed by atoms with Crippen LogP contribution in [0.4, 0.5) is 5.13 Å². The predicted octanol–water partition coefficient (Wildman–Crippen LogP) is 0.879. The fourth-order valence-corrected chi connectivity index (χ4v) is 2.27. The third kappa shape index (κ3) is 2.79. The van der Waals surface area contributed by atoms with Gasteiger partial charge in [-0.2, -0.15) is 0 Å². The van der Waals surface area contributed by atoms with E-state index < -0.39 is 6.04 Å². The minimum Gasteiger partial charge on any atom is -0.344 e. The molecule has 1 atom stereocenters. The van der Waals surface area contributed by atoms with E-state index in [1.807, 2.05) is 13.8 Å². The summed E-state index contributed by atoms with van der Waals surface area (Å²) in [6, 6.07) is -0.436. The Morgan fingerprint density at radius 2 is 2.29 bits per heavy atom. The van der Waals surface area contributed by atoms with Gasteiger partial charge in [-0.15, -0.1) is 10.2 Å². The quantitative estimate of drug-likeness (QED) is 0.838. The first kappa shape index (κ1) is 12.0. The number of carbonyl (C=O) groups is 2. The molecule has 1 aliphatic heterocycles. The van der Waals surface area contributed by atoms with Gasteiger partial charge in [-0.3, -0.25) is 14.9 Å². The summed E-state index contributed by atoms with van der Waals surface area (Å²) < 4.78 is 0. The van der Waals surface area contributed by atoms with Crippen molar-refractivity contribution in [2.75, 3.05) is 5.32 Å². The van der Waals surface area contributed by atoms with E-state index in [0.29, 0.717) is 23.9 Å². The topological polar surface area (TPSA) is 84.0 Å². The van der Waals surface area contributed by atoms with Crippen LogP contribution in [0.5, 0.6) is 0 Å². The minimum absolute atomic E-state index is 0.0784. The lowest BCUT2D eigenvalue weighted by Crippen LogP contribution is -2.37. The number of rotatable bonds is 3. The van der Waals surface area contributed by atoms with Gasteiger partial charge in [-0.1, -0.05) is 25.2 Å². The van der Waals surface area contributed by atoms with Crippen LogP contribution in [0.15, 0.2) is 0 Å². The molecular formula is C10H14N4O2S. The number of hydrogen-bond acceptors (Lipinski definition) is 5. The molecule has 1 saturated heterocycles. The maximum Gasteiger partial charge on any atom is 0.248 e. The summed E-state index contributed by atoms with van der Waals surface area (Å²) in [4.78, 5) is 22.7. The average Bonchev–Trinajstić information content (AvgIpc) is 2.86. The maximum absolute atomic E-state index is 11.8. The van der Waals surface area contributed by atoms with Crippen molar-refractivity contribution in [1.82, 2.24) is 15.5 Å². The van der Waals surface area contributed by atoms with Gasteiger partial charge in [0.15, 0.2) is 0 Å². The van der Waals surface area contributed by atoms with Crippen LogP contribution in [-0.2, 0) is 9.59 Å². The molecule has 2 heterocycles. The summed E-state index contributed by atoms with van der Waals surface area (Å²) in [5.74, 6) is -0.00285. The fraction of sp³-hybridized carbons (Fsp3) is 0.600. The molecule has 92 valence electrons. The average molecular weight is 254 g/mol. The smallest absolute Gasteiger partial charge is 0.248 e. The summed E-state index contributed by atoms with van der Waals surface area (Å²) >= 11 is 1.36. The molecule has 2 amide bonds. The van der Waals surface area contributed by atoms with E-state index in [1.165, 1.54) is 11.3 Å². The van der Waals surface area contributed by atoms with Crippen molar-refractivity contribution >= 4 is 28.3 Å². The van der Waals surface area contributed by atoms with Gasteiger partial charge in [0.1, 0.15) is 11.0 Å². The molecule has 2 rings (SSSR count). The van der Waals surface area contributed by atoms with E-state index in [9.17, 15) is 9.59 Å². The van der Waals surface area contributed by atoms with E-state index in [4.69, 9.17) is 0 Å². The van der Waals surface area contributed by atoms with Crippen LogP contribution in [0, 0.1) is 0 Å². The molecule has 1 aliphatic rings. The molecule has 6 nitrogen and oxygen atoms in total. The first-order chi connectivity index (χ1) is 8.06. The van der Waals surface area contributed by atoms with Gasteiger partial charge in [-0.05, 0) is 6.42 Å². The SMILES string of the molecule is CC(C)c1nnc(NC(=O)C2CCC(=O)N2)s1. The van der Waals surface area contributed by atoms with Crippen molar-refractivity contribution < 1.29 is 9.59 Å². The Kier molecular flexibility index (Phi) is 3.37. The largest absolute Gasteiger partial charge is 0.344 e. The lowest BCUT2D eigenvalue weighted by molar-refractivity contribution is -0.122. The van der Waals surface area contributed by atoms with Crippen LogP contribution in [0.25, 0.3) is 0 Å². The minimum atomic E-state index is -0.436. The second kappa shape index (κ2) is 4.79. The van der Waals surface area contributed by atoms with Crippen LogP contribution < -0.4 is 10.6 Å². The van der Waals surface area contributed by atoms with E-state index in [0.717, 1.165) is 5.01 Å². The highest BCUT2D eigenvalue weighted by Gasteiger charge is 2.27. The van der Waals surface area contributed by atoms with Crippen molar-refractivity contribution in [1.29, 1.82) is 0 Å². The number of anilines is 1. The van der Waals surface area contributed by atoms with Crippen molar-refractivity contribution in [3.63, 3.8) is 0 Å². The Hall–Kier alpha value is -1.50. The Balaban J connectivity index is 1.96. The number of amides is 2. The van der Waals surface area contributed by atoms with Crippen LogP contribution in [0.2, 0.25) is 0 Å². The molecule has 1 unspecified atom stereocenters. The highest BCUT2D eigenvalue weighted by atomic mass is 32.1.